The van der Waals surface area contributed by atoms with Gasteiger partial charge in [0.2, 0.25) is 0 Å². The Morgan fingerprint density at radius 1 is 1.14 bits per heavy atom. The maximum Gasteiger partial charge on any atom is 0.417 e. The lowest BCUT2D eigenvalue weighted by Gasteiger charge is -2.42. The third kappa shape index (κ3) is 3.94. The van der Waals surface area contributed by atoms with Crippen molar-refractivity contribution in [1.29, 1.82) is 0 Å². The summed E-state index contributed by atoms with van der Waals surface area (Å²) < 4.78 is 38.6. The average molecular weight is 335 g/mol. The Morgan fingerprint density at radius 2 is 1.73 bits per heavy atom. The quantitative estimate of drug-likeness (QED) is 0.865. The van der Waals surface area contributed by atoms with Crippen LogP contribution in [0.5, 0.6) is 0 Å². The maximum atomic E-state index is 12.9. The van der Waals surface area contributed by atoms with Crippen molar-refractivity contribution in [3.05, 3.63) is 34.3 Å². The summed E-state index contributed by atoms with van der Waals surface area (Å²) in [6.07, 6.45) is -4.41. The van der Waals surface area contributed by atoms with Crippen molar-refractivity contribution in [2.24, 2.45) is 5.41 Å². The first-order valence-corrected chi connectivity index (χ1v) is 7.80. The lowest BCUT2D eigenvalue weighted by molar-refractivity contribution is -0.137. The van der Waals surface area contributed by atoms with E-state index >= 15 is 0 Å². The molecule has 1 aromatic rings. The lowest BCUT2D eigenvalue weighted by Crippen LogP contribution is -2.48. The number of piperazine rings is 1. The molecule has 2 nitrogen and oxygen atoms in total. The number of hydrogen-bond acceptors (Lipinski definition) is 2. The van der Waals surface area contributed by atoms with Crippen LogP contribution in [0, 0.1) is 5.41 Å². The molecule has 0 saturated carbocycles. The molecule has 0 aliphatic carbocycles. The number of nitrogens with zero attached hydrogens (tertiary/aromatic N) is 1. The Bertz CT molecular complexity index is 517. The Kier molecular flexibility index (Phi) is 5.09. The molecule has 0 bridgehead atoms. The highest BCUT2D eigenvalue weighted by Crippen LogP contribution is 2.41. The van der Waals surface area contributed by atoms with E-state index in [1.54, 1.807) is 6.07 Å². The lowest BCUT2D eigenvalue weighted by atomic mass is 9.80. The molecule has 0 radical (unpaired) electrons. The van der Waals surface area contributed by atoms with Gasteiger partial charge in [-0.2, -0.15) is 13.2 Å². The molecule has 1 aromatic carbocycles. The fourth-order valence-electron chi connectivity index (χ4n) is 3.13. The topological polar surface area (TPSA) is 15.3 Å². The summed E-state index contributed by atoms with van der Waals surface area (Å²) in [5.41, 5.74) is -0.0289. The second-order valence-corrected chi connectivity index (χ2v) is 7.20. The highest BCUT2D eigenvalue weighted by Gasteiger charge is 2.36. The highest BCUT2D eigenvalue weighted by molar-refractivity contribution is 6.31. The number of alkyl halides is 3. The van der Waals surface area contributed by atoms with E-state index in [0.29, 0.717) is 0 Å². The van der Waals surface area contributed by atoms with Crippen molar-refractivity contribution in [2.45, 2.75) is 33.0 Å². The van der Waals surface area contributed by atoms with Crippen LogP contribution < -0.4 is 5.32 Å². The maximum absolute atomic E-state index is 12.9. The molecule has 1 N–H and O–H groups in total. The van der Waals surface area contributed by atoms with Crippen LogP contribution in [0.1, 0.15) is 37.9 Å². The molecule has 124 valence electrons. The van der Waals surface area contributed by atoms with Crippen molar-refractivity contribution < 1.29 is 13.2 Å². The van der Waals surface area contributed by atoms with Gasteiger partial charge in [0, 0.05) is 32.2 Å². The monoisotopic (exact) mass is 334 g/mol. The van der Waals surface area contributed by atoms with Crippen molar-refractivity contribution in [3.8, 4) is 0 Å². The summed E-state index contributed by atoms with van der Waals surface area (Å²) >= 11 is 5.90. The van der Waals surface area contributed by atoms with Gasteiger partial charge in [-0.25, -0.2) is 0 Å². The first-order chi connectivity index (χ1) is 10.1. The minimum absolute atomic E-state index is 0.0365. The van der Waals surface area contributed by atoms with E-state index in [-0.39, 0.29) is 16.5 Å². The van der Waals surface area contributed by atoms with Crippen LogP contribution in [0.15, 0.2) is 18.2 Å². The number of halogens is 4. The van der Waals surface area contributed by atoms with Gasteiger partial charge in [0.15, 0.2) is 0 Å². The molecule has 1 fully saturated rings. The molecular formula is C16H22ClF3N2. The molecule has 1 aliphatic heterocycles. The predicted molar refractivity (Wildman–Crippen MR) is 83.1 cm³/mol. The fraction of sp³-hybridized carbons (Fsp3) is 0.625. The van der Waals surface area contributed by atoms with E-state index < -0.39 is 11.7 Å². The Labute approximate surface area is 134 Å². The van der Waals surface area contributed by atoms with E-state index in [4.69, 9.17) is 11.6 Å². The molecule has 22 heavy (non-hydrogen) atoms. The fourth-order valence-corrected chi connectivity index (χ4v) is 3.43. The van der Waals surface area contributed by atoms with Gasteiger partial charge in [0.25, 0.3) is 0 Å². The van der Waals surface area contributed by atoms with E-state index in [0.717, 1.165) is 37.8 Å². The summed E-state index contributed by atoms with van der Waals surface area (Å²) in [5, 5.41) is 3.07. The summed E-state index contributed by atoms with van der Waals surface area (Å²) in [7, 11) is 0. The summed E-state index contributed by atoms with van der Waals surface area (Å²) in [6, 6.07) is 4.17. The zero-order chi connectivity index (χ0) is 16.5. The van der Waals surface area contributed by atoms with Crippen LogP contribution in [0.2, 0.25) is 5.02 Å². The molecule has 0 aromatic heterocycles. The smallest absolute Gasteiger partial charge is 0.314 e. The second-order valence-electron chi connectivity index (χ2n) is 6.79. The van der Waals surface area contributed by atoms with Crippen LogP contribution in [0.4, 0.5) is 13.2 Å². The Balaban J connectivity index is 2.38. The van der Waals surface area contributed by atoms with Crippen LogP contribution in [0.3, 0.4) is 0 Å². The zero-order valence-electron chi connectivity index (χ0n) is 13.1. The zero-order valence-corrected chi connectivity index (χ0v) is 13.9. The van der Waals surface area contributed by atoms with Crippen LogP contribution >= 0.6 is 11.6 Å². The number of rotatable bonds is 2. The van der Waals surface area contributed by atoms with Gasteiger partial charge in [-0.1, -0.05) is 38.4 Å². The van der Waals surface area contributed by atoms with E-state index in [9.17, 15) is 13.2 Å². The third-order valence-corrected chi connectivity index (χ3v) is 4.26. The first kappa shape index (κ1) is 17.6. The van der Waals surface area contributed by atoms with Gasteiger partial charge in [0.05, 0.1) is 10.6 Å². The first-order valence-electron chi connectivity index (χ1n) is 7.42. The summed E-state index contributed by atoms with van der Waals surface area (Å²) in [5.74, 6) is 0. The van der Waals surface area contributed by atoms with Gasteiger partial charge < -0.3 is 5.32 Å². The van der Waals surface area contributed by atoms with Crippen molar-refractivity contribution in [1.82, 2.24) is 10.2 Å². The SMILES string of the molecule is CC(C)(C)[C@@H](c1ccc(C(F)(F)F)c(Cl)c1)N1CCNCC1. The molecule has 0 amide bonds. The predicted octanol–water partition coefficient (Wildman–Crippen LogP) is 4.35. The molecule has 0 unspecified atom stereocenters. The van der Waals surface area contributed by atoms with Crippen LogP contribution in [-0.4, -0.2) is 31.1 Å². The normalized spacial score (nSPS) is 19.2. The van der Waals surface area contributed by atoms with Gasteiger partial charge in [-0.15, -0.1) is 0 Å². The Hall–Kier alpha value is -0.780. The Morgan fingerprint density at radius 3 is 2.18 bits per heavy atom. The van der Waals surface area contributed by atoms with Gasteiger partial charge in [-0.3, -0.25) is 4.90 Å². The largest absolute Gasteiger partial charge is 0.417 e. The third-order valence-electron chi connectivity index (χ3n) is 3.95. The minimum atomic E-state index is -4.41. The molecule has 2 rings (SSSR count). The number of nitrogens with one attached hydrogen (secondary N) is 1. The van der Waals surface area contributed by atoms with Crippen LogP contribution in [-0.2, 0) is 6.18 Å². The molecule has 6 heteroatoms. The van der Waals surface area contributed by atoms with Gasteiger partial charge in [-0.05, 0) is 23.1 Å². The molecule has 1 aliphatic rings. The standard InChI is InChI=1S/C16H22ClF3N2/c1-15(2,3)14(22-8-6-21-7-9-22)11-4-5-12(13(17)10-11)16(18,19)20/h4-5,10,14,21H,6-9H2,1-3H3/t14-/m1/s1. The van der Waals surface area contributed by atoms with Crippen LogP contribution in [0.25, 0.3) is 0 Å². The molecule has 0 spiro atoms. The number of hydrogen-bond donors (Lipinski definition) is 1. The highest BCUT2D eigenvalue weighted by atomic mass is 35.5. The van der Waals surface area contributed by atoms with Crippen molar-refractivity contribution >= 4 is 11.6 Å². The second kappa shape index (κ2) is 6.38. The van der Waals surface area contributed by atoms with Crippen molar-refractivity contribution in [3.63, 3.8) is 0 Å². The minimum Gasteiger partial charge on any atom is -0.314 e. The van der Waals surface area contributed by atoms with E-state index in [1.807, 2.05) is 0 Å². The summed E-state index contributed by atoms with van der Waals surface area (Å²) in [6.45, 7) is 9.84. The van der Waals surface area contributed by atoms with E-state index in [2.05, 4.69) is 31.0 Å². The average Bonchev–Trinajstić information content (AvgIpc) is 2.37. The number of benzene rings is 1. The van der Waals surface area contributed by atoms with E-state index in [1.165, 1.54) is 6.07 Å². The molecule has 1 atom stereocenters. The molecule has 1 saturated heterocycles. The molecular weight excluding hydrogens is 313 g/mol. The van der Waals surface area contributed by atoms with Gasteiger partial charge in [0.1, 0.15) is 0 Å². The summed E-state index contributed by atoms with van der Waals surface area (Å²) in [4.78, 5) is 2.31. The van der Waals surface area contributed by atoms with Crippen molar-refractivity contribution in [2.75, 3.05) is 26.2 Å². The van der Waals surface area contributed by atoms with Gasteiger partial charge >= 0.3 is 6.18 Å². The molecule has 1 heterocycles.